The smallest absolute Gasteiger partial charge is 0.133 e. The molecule has 1 unspecified atom stereocenters. The Hall–Kier alpha value is -0.790. The average Bonchev–Trinajstić information content (AvgIpc) is 3.06. The first-order valence-corrected chi connectivity index (χ1v) is 9.69. The van der Waals surface area contributed by atoms with E-state index in [9.17, 15) is 0 Å². The number of hydrogen-bond donors (Lipinski definition) is 1. The number of thiazole rings is 1. The summed E-state index contributed by atoms with van der Waals surface area (Å²) in [5, 5.41) is 8.88. The van der Waals surface area contributed by atoms with E-state index in [1.165, 1.54) is 17.7 Å². The summed E-state index contributed by atoms with van der Waals surface area (Å²) in [6.45, 7) is 4.80. The molecule has 2 fully saturated rings. The highest BCUT2D eigenvalue weighted by atomic mass is 32.1. The molecule has 6 heteroatoms. The predicted molar refractivity (Wildman–Crippen MR) is 91.5 cm³/mol. The molecule has 0 amide bonds. The molecule has 0 radical (unpaired) electrons. The minimum atomic E-state index is 0.324. The number of hydrogen-bond acceptors (Lipinski definition) is 6. The Labute approximate surface area is 139 Å². The summed E-state index contributed by atoms with van der Waals surface area (Å²) in [6, 6.07) is 5.05. The van der Waals surface area contributed by atoms with Crippen LogP contribution in [-0.4, -0.2) is 48.3 Å². The van der Waals surface area contributed by atoms with Gasteiger partial charge in [0.15, 0.2) is 0 Å². The maximum atomic E-state index is 5.87. The molecule has 4 rings (SSSR count). The van der Waals surface area contributed by atoms with E-state index in [0.29, 0.717) is 6.10 Å². The molecular formula is C16H21N3OS2. The Balaban J connectivity index is 1.24. The molecule has 22 heavy (non-hydrogen) atoms. The van der Waals surface area contributed by atoms with Gasteiger partial charge in [0.25, 0.3) is 0 Å². The molecule has 0 aromatic carbocycles. The third-order valence-electron chi connectivity index (χ3n) is 4.20. The highest BCUT2D eigenvalue weighted by Crippen LogP contribution is 2.28. The van der Waals surface area contributed by atoms with Crippen LogP contribution in [0.5, 0.6) is 0 Å². The summed E-state index contributed by atoms with van der Waals surface area (Å²) in [4.78, 5) is 8.55. The first kappa shape index (κ1) is 14.8. The molecule has 1 saturated heterocycles. The molecule has 0 spiro atoms. The molecule has 2 aliphatic rings. The third kappa shape index (κ3) is 3.58. The first-order chi connectivity index (χ1) is 10.9. The Bertz CT molecular complexity index is 594. The summed E-state index contributed by atoms with van der Waals surface area (Å²) in [7, 11) is 0. The van der Waals surface area contributed by atoms with Crippen LogP contribution in [0, 0.1) is 0 Å². The lowest BCUT2D eigenvalue weighted by molar-refractivity contribution is -0.0301. The largest absolute Gasteiger partial charge is 0.374 e. The van der Waals surface area contributed by atoms with Crippen LogP contribution >= 0.6 is 22.7 Å². The van der Waals surface area contributed by atoms with Crippen molar-refractivity contribution in [1.29, 1.82) is 0 Å². The topological polar surface area (TPSA) is 37.4 Å². The second-order valence-electron chi connectivity index (χ2n) is 5.97. The van der Waals surface area contributed by atoms with Gasteiger partial charge in [0, 0.05) is 37.6 Å². The van der Waals surface area contributed by atoms with Crippen LogP contribution in [0.2, 0.25) is 0 Å². The Morgan fingerprint density at radius 1 is 1.36 bits per heavy atom. The molecule has 1 aliphatic carbocycles. The zero-order chi connectivity index (χ0) is 14.8. The van der Waals surface area contributed by atoms with E-state index in [2.05, 4.69) is 33.1 Å². The van der Waals surface area contributed by atoms with Crippen molar-refractivity contribution in [2.24, 2.45) is 0 Å². The van der Waals surface area contributed by atoms with Crippen molar-refractivity contribution < 1.29 is 4.74 Å². The minimum Gasteiger partial charge on any atom is -0.374 e. The van der Waals surface area contributed by atoms with Crippen LogP contribution < -0.4 is 5.32 Å². The van der Waals surface area contributed by atoms with Gasteiger partial charge in [-0.2, -0.15) is 0 Å². The third-order valence-corrected chi connectivity index (χ3v) is 6.13. The fourth-order valence-corrected chi connectivity index (χ4v) is 4.53. The van der Waals surface area contributed by atoms with Crippen molar-refractivity contribution >= 4 is 22.7 Å². The van der Waals surface area contributed by atoms with Crippen molar-refractivity contribution in [2.75, 3.05) is 26.2 Å². The summed E-state index contributed by atoms with van der Waals surface area (Å²) in [5.41, 5.74) is 1.13. The van der Waals surface area contributed by atoms with E-state index < -0.39 is 0 Å². The van der Waals surface area contributed by atoms with Gasteiger partial charge >= 0.3 is 0 Å². The van der Waals surface area contributed by atoms with Crippen LogP contribution in [-0.2, 0) is 11.3 Å². The summed E-state index contributed by atoms with van der Waals surface area (Å²) in [6.07, 6.45) is 3.08. The monoisotopic (exact) mass is 335 g/mol. The van der Waals surface area contributed by atoms with Crippen LogP contribution in [0.25, 0.3) is 9.88 Å². The number of ether oxygens (including phenoxy) is 1. The van der Waals surface area contributed by atoms with E-state index in [1.807, 2.05) is 0 Å². The fourth-order valence-electron chi connectivity index (χ4n) is 2.90. The molecule has 1 atom stereocenters. The maximum absolute atomic E-state index is 5.87. The van der Waals surface area contributed by atoms with Gasteiger partial charge in [-0.1, -0.05) is 6.07 Å². The Kier molecular flexibility index (Phi) is 4.54. The molecule has 2 aromatic rings. The van der Waals surface area contributed by atoms with E-state index in [4.69, 9.17) is 9.72 Å². The maximum Gasteiger partial charge on any atom is 0.133 e. The Morgan fingerprint density at radius 2 is 2.32 bits per heavy atom. The van der Waals surface area contributed by atoms with Crippen LogP contribution in [0.3, 0.4) is 0 Å². The number of morpholine rings is 1. The summed E-state index contributed by atoms with van der Waals surface area (Å²) in [5.74, 6) is 0. The van der Waals surface area contributed by atoms with E-state index in [0.717, 1.165) is 49.5 Å². The molecule has 1 aliphatic heterocycles. The minimum absolute atomic E-state index is 0.324. The van der Waals surface area contributed by atoms with Crippen molar-refractivity contribution in [2.45, 2.75) is 31.5 Å². The number of nitrogens with zero attached hydrogens (tertiary/aromatic N) is 2. The van der Waals surface area contributed by atoms with Crippen molar-refractivity contribution in [3.8, 4) is 9.88 Å². The lowest BCUT2D eigenvalue weighted by Crippen LogP contribution is -2.47. The van der Waals surface area contributed by atoms with E-state index in [1.54, 1.807) is 22.7 Å². The zero-order valence-corrected chi connectivity index (χ0v) is 14.2. The molecular weight excluding hydrogens is 314 g/mol. The molecule has 3 heterocycles. The average molecular weight is 335 g/mol. The molecule has 118 valence electrons. The van der Waals surface area contributed by atoms with Crippen molar-refractivity contribution in [3.63, 3.8) is 0 Å². The molecule has 2 aromatic heterocycles. The van der Waals surface area contributed by atoms with Gasteiger partial charge in [0.05, 0.1) is 23.3 Å². The second kappa shape index (κ2) is 6.76. The normalized spacial score (nSPS) is 23.0. The van der Waals surface area contributed by atoms with Gasteiger partial charge in [-0.25, -0.2) is 4.98 Å². The number of rotatable bonds is 6. The van der Waals surface area contributed by atoms with Gasteiger partial charge < -0.3 is 10.1 Å². The lowest BCUT2D eigenvalue weighted by atomic mass is 10.2. The van der Waals surface area contributed by atoms with Crippen LogP contribution in [0.15, 0.2) is 22.9 Å². The molecule has 1 saturated carbocycles. The number of nitrogens with one attached hydrogen (secondary N) is 1. The van der Waals surface area contributed by atoms with Crippen molar-refractivity contribution in [1.82, 2.24) is 15.2 Å². The molecule has 4 nitrogen and oxygen atoms in total. The van der Waals surface area contributed by atoms with Gasteiger partial charge in [0.1, 0.15) is 5.01 Å². The van der Waals surface area contributed by atoms with Gasteiger partial charge in [-0.15, -0.1) is 22.7 Å². The predicted octanol–water partition coefficient (Wildman–Crippen LogP) is 2.82. The number of thiophene rings is 1. The summed E-state index contributed by atoms with van der Waals surface area (Å²) >= 11 is 3.47. The molecule has 0 bridgehead atoms. The fraction of sp³-hybridized carbons (Fsp3) is 0.562. The van der Waals surface area contributed by atoms with Gasteiger partial charge in [-0.05, 0) is 24.3 Å². The first-order valence-electron chi connectivity index (χ1n) is 7.93. The SMILES string of the molecule is c1csc(-c2nc(CNCC3CN(C4CC4)CCO3)cs2)c1. The van der Waals surface area contributed by atoms with Gasteiger partial charge in [0.2, 0.25) is 0 Å². The van der Waals surface area contributed by atoms with E-state index in [-0.39, 0.29) is 0 Å². The highest BCUT2D eigenvalue weighted by molar-refractivity contribution is 7.20. The number of aromatic nitrogens is 1. The zero-order valence-electron chi connectivity index (χ0n) is 12.5. The van der Waals surface area contributed by atoms with Crippen LogP contribution in [0.1, 0.15) is 18.5 Å². The standard InChI is InChI=1S/C16H21N3OS2/c1-2-15(21-7-1)16-18-12(11-22-16)8-17-9-14-10-19(5-6-20-14)13-3-4-13/h1-2,7,11,13-14,17H,3-6,8-10H2. The second-order valence-corrected chi connectivity index (χ2v) is 7.78. The van der Waals surface area contributed by atoms with Gasteiger partial charge in [-0.3, -0.25) is 4.90 Å². The lowest BCUT2D eigenvalue weighted by Gasteiger charge is -2.33. The van der Waals surface area contributed by atoms with Crippen LogP contribution in [0.4, 0.5) is 0 Å². The highest BCUT2D eigenvalue weighted by Gasteiger charge is 2.32. The quantitative estimate of drug-likeness (QED) is 0.881. The Morgan fingerprint density at radius 3 is 3.14 bits per heavy atom. The van der Waals surface area contributed by atoms with E-state index >= 15 is 0 Å². The summed E-state index contributed by atoms with van der Waals surface area (Å²) < 4.78 is 5.87. The molecule has 1 N–H and O–H groups in total. The van der Waals surface area contributed by atoms with Crippen molar-refractivity contribution in [3.05, 3.63) is 28.6 Å².